The quantitative estimate of drug-likeness (QED) is 0.804. The number of hydrogen-bond acceptors (Lipinski definition) is 3. The van der Waals surface area contributed by atoms with E-state index in [0.29, 0.717) is 6.04 Å². The molecule has 1 atom stereocenters. The lowest BCUT2D eigenvalue weighted by Gasteiger charge is -2.40. The van der Waals surface area contributed by atoms with Crippen LogP contribution >= 0.6 is 0 Å². The van der Waals surface area contributed by atoms with Crippen molar-refractivity contribution in [1.82, 2.24) is 4.90 Å². The zero-order valence-electron chi connectivity index (χ0n) is 12.9. The molecule has 3 nitrogen and oxygen atoms in total. The Kier molecular flexibility index (Phi) is 3.43. The highest BCUT2D eigenvalue weighted by Crippen LogP contribution is 2.29. The van der Waals surface area contributed by atoms with Crippen LogP contribution in [0.1, 0.15) is 11.1 Å². The number of fused-ring (bicyclic) bond motifs is 3. The molecule has 0 aromatic heterocycles. The third kappa shape index (κ3) is 2.32. The number of piperazine rings is 1. The molecule has 0 bridgehead atoms. The highest BCUT2D eigenvalue weighted by atomic mass is 15.3. The van der Waals surface area contributed by atoms with Gasteiger partial charge in [0.15, 0.2) is 0 Å². The Hall–Kier alpha value is -2.13. The van der Waals surface area contributed by atoms with Gasteiger partial charge in [0, 0.05) is 36.4 Å². The molecule has 0 amide bonds. The van der Waals surface area contributed by atoms with Crippen LogP contribution in [0.4, 0.5) is 5.69 Å². The van der Waals surface area contributed by atoms with Crippen molar-refractivity contribution in [2.45, 2.75) is 6.04 Å². The summed E-state index contributed by atoms with van der Waals surface area (Å²) in [5.74, 6) is 0. The smallest absolute Gasteiger partial charge is 0.0740 e. The first-order chi connectivity index (χ1) is 10.8. The molecule has 1 saturated heterocycles. The summed E-state index contributed by atoms with van der Waals surface area (Å²) < 4.78 is 0. The molecule has 2 aliphatic heterocycles. The highest BCUT2D eigenvalue weighted by Gasteiger charge is 2.30. The summed E-state index contributed by atoms with van der Waals surface area (Å²) in [6, 6.07) is 19.7. The highest BCUT2D eigenvalue weighted by molar-refractivity contribution is 6.16. The van der Waals surface area contributed by atoms with Crippen LogP contribution in [0, 0.1) is 0 Å². The molecule has 2 aliphatic rings. The minimum absolute atomic E-state index is 0.473. The van der Waals surface area contributed by atoms with Gasteiger partial charge in [-0.05, 0) is 13.1 Å². The van der Waals surface area contributed by atoms with Crippen LogP contribution < -0.4 is 4.90 Å². The second kappa shape index (κ2) is 5.58. The maximum Gasteiger partial charge on any atom is 0.0740 e. The van der Waals surface area contributed by atoms with Gasteiger partial charge in [0.25, 0.3) is 0 Å². The predicted octanol–water partition coefficient (Wildman–Crippen LogP) is 2.66. The van der Waals surface area contributed by atoms with E-state index in [9.17, 15) is 0 Å². The lowest BCUT2D eigenvalue weighted by Crippen LogP contribution is -2.53. The van der Waals surface area contributed by atoms with Crippen LogP contribution in [0.2, 0.25) is 0 Å². The van der Waals surface area contributed by atoms with Crippen molar-refractivity contribution in [1.29, 1.82) is 0 Å². The molecular weight excluding hydrogens is 270 g/mol. The van der Waals surface area contributed by atoms with Crippen molar-refractivity contribution in [3.63, 3.8) is 0 Å². The second-order valence-electron chi connectivity index (χ2n) is 6.18. The van der Waals surface area contributed by atoms with E-state index in [4.69, 9.17) is 4.99 Å². The Morgan fingerprint density at radius 2 is 1.73 bits per heavy atom. The Morgan fingerprint density at radius 1 is 0.955 bits per heavy atom. The number of benzene rings is 2. The van der Waals surface area contributed by atoms with Crippen LogP contribution in [0.25, 0.3) is 0 Å². The van der Waals surface area contributed by atoms with Crippen molar-refractivity contribution in [2.75, 3.05) is 38.1 Å². The normalized spacial score (nSPS) is 21.6. The lowest BCUT2D eigenvalue weighted by atomic mass is 10.00. The first-order valence-electron chi connectivity index (χ1n) is 7.97. The van der Waals surface area contributed by atoms with E-state index in [2.05, 4.69) is 71.4 Å². The zero-order valence-corrected chi connectivity index (χ0v) is 12.9. The summed E-state index contributed by atoms with van der Waals surface area (Å²) in [7, 11) is 2.20. The summed E-state index contributed by atoms with van der Waals surface area (Å²) in [5, 5.41) is 0. The van der Waals surface area contributed by atoms with Gasteiger partial charge in [-0.3, -0.25) is 4.99 Å². The Morgan fingerprint density at radius 3 is 2.59 bits per heavy atom. The average molecular weight is 291 g/mol. The van der Waals surface area contributed by atoms with Gasteiger partial charge in [-0.2, -0.15) is 0 Å². The standard InChI is InChI=1S/C19H21N3/c1-21-11-12-22-16(14-21)13-20-19(15-7-3-2-4-8-15)17-9-5-6-10-18(17)22/h2-10,16H,11-14H2,1H3. The van der Waals surface area contributed by atoms with E-state index in [1.165, 1.54) is 16.8 Å². The summed E-state index contributed by atoms with van der Waals surface area (Å²) in [5.41, 5.74) is 4.94. The van der Waals surface area contributed by atoms with Crippen LogP contribution in [0.3, 0.4) is 0 Å². The molecule has 22 heavy (non-hydrogen) atoms. The van der Waals surface area contributed by atoms with Crippen LogP contribution in [0.5, 0.6) is 0 Å². The van der Waals surface area contributed by atoms with Gasteiger partial charge in [-0.15, -0.1) is 0 Å². The monoisotopic (exact) mass is 291 g/mol. The molecular formula is C19H21N3. The third-order valence-electron chi connectivity index (χ3n) is 4.66. The zero-order chi connectivity index (χ0) is 14.9. The number of hydrogen-bond donors (Lipinski definition) is 0. The van der Waals surface area contributed by atoms with Crippen molar-refractivity contribution in [2.24, 2.45) is 4.99 Å². The summed E-state index contributed by atoms with van der Waals surface area (Å²) >= 11 is 0. The molecule has 112 valence electrons. The van der Waals surface area contributed by atoms with Crippen LogP contribution in [-0.4, -0.2) is 49.9 Å². The number of aliphatic imine (C=N–C) groups is 1. The second-order valence-corrected chi connectivity index (χ2v) is 6.18. The van der Waals surface area contributed by atoms with Gasteiger partial charge in [-0.1, -0.05) is 48.5 Å². The first kappa shape index (κ1) is 13.5. The molecule has 1 fully saturated rings. The molecule has 2 heterocycles. The van der Waals surface area contributed by atoms with Crippen LogP contribution in [0.15, 0.2) is 59.6 Å². The van der Waals surface area contributed by atoms with Gasteiger partial charge in [0.1, 0.15) is 0 Å². The SMILES string of the molecule is CN1CCN2c3ccccc3C(c3ccccc3)=NCC2C1. The fraction of sp³-hybridized carbons (Fsp3) is 0.316. The largest absolute Gasteiger partial charge is 0.364 e. The lowest BCUT2D eigenvalue weighted by molar-refractivity contribution is 0.270. The number of anilines is 1. The van der Waals surface area contributed by atoms with E-state index >= 15 is 0 Å². The number of likely N-dealkylation sites (N-methyl/N-ethyl adjacent to an activating group) is 1. The maximum absolute atomic E-state index is 5.00. The molecule has 2 aromatic carbocycles. The van der Waals surface area contributed by atoms with E-state index in [0.717, 1.165) is 31.9 Å². The van der Waals surface area contributed by atoms with Gasteiger partial charge in [0.2, 0.25) is 0 Å². The van der Waals surface area contributed by atoms with Crippen molar-refractivity contribution in [3.05, 3.63) is 65.7 Å². The molecule has 2 aromatic rings. The summed E-state index contributed by atoms with van der Waals surface area (Å²) in [6.45, 7) is 4.14. The van der Waals surface area contributed by atoms with Crippen molar-refractivity contribution >= 4 is 11.4 Å². The topological polar surface area (TPSA) is 18.8 Å². The molecule has 0 aliphatic carbocycles. The molecule has 0 spiro atoms. The Balaban J connectivity index is 1.83. The number of para-hydroxylation sites is 1. The molecule has 0 radical (unpaired) electrons. The number of nitrogens with zero attached hydrogens (tertiary/aromatic N) is 3. The van der Waals surface area contributed by atoms with Gasteiger partial charge in [0.05, 0.1) is 18.3 Å². The van der Waals surface area contributed by atoms with E-state index in [-0.39, 0.29) is 0 Å². The van der Waals surface area contributed by atoms with Crippen LogP contribution in [-0.2, 0) is 0 Å². The van der Waals surface area contributed by atoms with Gasteiger partial charge < -0.3 is 9.80 Å². The first-order valence-corrected chi connectivity index (χ1v) is 7.97. The fourth-order valence-electron chi connectivity index (χ4n) is 3.53. The van der Waals surface area contributed by atoms with Crippen molar-refractivity contribution in [3.8, 4) is 0 Å². The Bertz CT molecular complexity index is 693. The molecule has 0 N–H and O–H groups in total. The maximum atomic E-state index is 5.00. The predicted molar refractivity (Wildman–Crippen MR) is 92.0 cm³/mol. The minimum Gasteiger partial charge on any atom is -0.364 e. The molecule has 1 unspecified atom stereocenters. The van der Waals surface area contributed by atoms with Gasteiger partial charge in [-0.25, -0.2) is 0 Å². The molecule has 0 saturated carbocycles. The summed E-state index contributed by atoms with van der Waals surface area (Å²) in [4.78, 5) is 9.96. The average Bonchev–Trinajstić information content (AvgIpc) is 2.72. The number of rotatable bonds is 1. The molecule has 3 heteroatoms. The van der Waals surface area contributed by atoms with E-state index < -0.39 is 0 Å². The minimum atomic E-state index is 0.473. The fourth-order valence-corrected chi connectivity index (χ4v) is 3.53. The Labute approximate surface area is 131 Å². The third-order valence-corrected chi connectivity index (χ3v) is 4.66. The van der Waals surface area contributed by atoms with Crippen molar-refractivity contribution < 1.29 is 0 Å². The van der Waals surface area contributed by atoms with E-state index in [1.807, 2.05) is 0 Å². The van der Waals surface area contributed by atoms with Gasteiger partial charge >= 0.3 is 0 Å². The molecule has 4 rings (SSSR count). The van der Waals surface area contributed by atoms with E-state index in [1.54, 1.807) is 0 Å². The summed E-state index contributed by atoms with van der Waals surface area (Å²) in [6.07, 6.45) is 0.